The second-order valence-electron chi connectivity index (χ2n) is 8.68. The minimum Gasteiger partial charge on any atom is -0.497 e. The third-order valence-electron chi connectivity index (χ3n) is 6.43. The molecule has 0 bridgehead atoms. The van der Waals surface area contributed by atoms with Gasteiger partial charge in [0.2, 0.25) is 0 Å². The number of morpholine rings is 1. The third kappa shape index (κ3) is 5.10. The molecule has 1 unspecified atom stereocenters. The fraction of sp³-hybridized carbons (Fsp3) is 0.370. The molecular weight excluding hydrogens is 466 g/mol. The zero-order chi connectivity index (χ0) is 25.0. The predicted molar refractivity (Wildman–Crippen MR) is 128 cm³/mol. The van der Waals surface area contributed by atoms with Gasteiger partial charge in [-0.1, -0.05) is 12.1 Å². The summed E-state index contributed by atoms with van der Waals surface area (Å²) < 4.78 is 22.2. The Kier molecular flexibility index (Phi) is 7.24. The Morgan fingerprint density at radius 3 is 2.61 bits per heavy atom. The summed E-state index contributed by atoms with van der Waals surface area (Å²) in [6.07, 6.45) is 1.87. The monoisotopic (exact) mass is 495 g/mol. The molecular formula is C27H29NO8. The Balaban J connectivity index is 1.40. The van der Waals surface area contributed by atoms with Gasteiger partial charge in [-0.25, -0.2) is 4.79 Å². The lowest BCUT2D eigenvalue weighted by Gasteiger charge is -2.26. The number of esters is 1. The van der Waals surface area contributed by atoms with Gasteiger partial charge in [0.15, 0.2) is 5.76 Å². The molecule has 9 nitrogen and oxygen atoms in total. The Hall–Kier alpha value is -3.37. The lowest BCUT2D eigenvalue weighted by atomic mass is 9.89. The number of carbonyl (C=O) groups is 1. The lowest BCUT2D eigenvalue weighted by Crippen LogP contribution is -2.38. The van der Waals surface area contributed by atoms with E-state index in [-0.39, 0.29) is 24.4 Å². The quantitative estimate of drug-likeness (QED) is 0.416. The number of benzene rings is 2. The number of ether oxygens (including phenoxy) is 4. The highest BCUT2D eigenvalue weighted by molar-refractivity contribution is 5.97. The molecule has 1 fully saturated rings. The van der Waals surface area contributed by atoms with Crippen molar-refractivity contribution in [3.63, 3.8) is 0 Å². The number of carbonyl (C=O) groups excluding carboxylic acids is 1. The summed E-state index contributed by atoms with van der Waals surface area (Å²) in [6.45, 7) is 4.86. The van der Waals surface area contributed by atoms with Crippen LogP contribution in [0.15, 0.2) is 71.5 Å². The van der Waals surface area contributed by atoms with E-state index in [0.29, 0.717) is 29.2 Å². The van der Waals surface area contributed by atoms with Crippen molar-refractivity contribution in [3.8, 4) is 11.5 Å². The number of nitrogens with zero attached hydrogens (tertiary/aromatic N) is 1. The van der Waals surface area contributed by atoms with Crippen molar-refractivity contribution in [2.24, 2.45) is 0 Å². The Morgan fingerprint density at radius 2 is 1.89 bits per heavy atom. The molecule has 5 rings (SSSR count). The Bertz CT molecular complexity index is 1150. The molecule has 2 aromatic rings. The van der Waals surface area contributed by atoms with Crippen molar-refractivity contribution in [1.29, 1.82) is 0 Å². The van der Waals surface area contributed by atoms with Crippen molar-refractivity contribution in [2.75, 3.05) is 53.2 Å². The smallest absolute Gasteiger partial charge is 0.345 e. The van der Waals surface area contributed by atoms with E-state index in [1.54, 1.807) is 37.5 Å². The molecule has 2 aromatic carbocycles. The Morgan fingerprint density at radius 1 is 1.08 bits per heavy atom. The molecule has 1 N–H and O–H groups in total. The van der Waals surface area contributed by atoms with Gasteiger partial charge < -0.3 is 28.9 Å². The molecule has 1 saturated heterocycles. The second-order valence-corrected chi connectivity index (χ2v) is 8.68. The standard InChI is InChI=1S/C27H29NO8/c1-31-21-7-5-20(6-8-21)27(30)23(25(26(29)35-27)24-9-13-34-36-24)18-19-3-2-4-22(17-19)33-16-12-28-10-14-32-15-11-28/h2-9,17,30H,10-16,18H2,1H3. The lowest BCUT2D eigenvalue weighted by molar-refractivity contribution is -0.231. The van der Waals surface area contributed by atoms with Crippen molar-refractivity contribution in [2.45, 2.75) is 12.2 Å². The SMILES string of the molecule is COc1ccc(C2(O)OC(=O)C(C3=CCOO3)=C2Cc2cccc(OCCN3CCOCC3)c2)cc1. The predicted octanol–water partition coefficient (Wildman–Crippen LogP) is 2.49. The molecule has 3 aliphatic rings. The molecule has 0 aliphatic carbocycles. The molecule has 0 amide bonds. The average molecular weight is 496 g/mol. The largest absolute Gasteiger partial charge is 0.497 e. The van der Waals surface area contributed by atoms with Gasteiger partial charge in [-0.3, -0.25) is 4.90 Å². The number of hydrogen-bond acceptors (Lipinski definition) is 9. The van der Waals surface area contributed by atoms with Crippen LogP contribution in [-0.4, -0.2) is 69.1 Å². The summed E-state index contributed by atoms with van der Waals surface area (Å²) in [6, 6.07) is 14.3. The van der Waals surface area contributed by atoms with E-state index >= 15 is 0 Å². The van der Waals surface area contributed by atoms with E-state index in [1.807, 2.05) is 24.3 Å². The number of rotatable bonds is 9. The van der Waals surface area contributed by atoms with Crippen LogP contribution < -0.4 is 9.47 Å². The highest BCUT2D eigenvalue weighted by Gasteiger charge is 2.49. The van der Waals surface area contributed by atoms with Crippen LogP contribution in [0.1, 0.15) is 11.1 Å². The number of methoxy groups -OCH3 is 1. The fourth-order valence-electron chi connectivity index (χ4n) is 4.50. The van der Waals surface area contributed by atoms with E-state index in [2.05, 4.69) is 4.90 Å². The van der Waals surface area contributed by atoms with Gasteiger partial charge in [0, 0.05) is 37.2 Å². The maximum atomic E-state index is 13.0. The first-order chi connectivity index (χ1) is 17.6. The minimum atomic E-state index is -1.97. The van der Waals surface area contributed by atoms with Crippen LogP contribution in [0.2, 0.25) is 0 Å². The van der Waals surface area contributed by atoms with Gasteiger partial charge in [0.05, 0.1) is 20.3 Å². The van der Waals surface area contributed by atoms with Crippen LogP contribution in [-0.2, 0) is 36.3 Å². The molecule has 36 heavy (non-hydrogen) atoms. The second kappa shape index (κ2) is 10.7. The van der Waals surface area contributed by atoms with Crippen molar-refractivity contribution in [3.05, 3.63) is 82.6 Å². The third-order valence-corrected chi connectivity index (χ3v) is 6.43. The van der Waals surface area contributed by atoms with E-state index in [1.165, 1.54) is 0 Å². The van der Waals surface area contributed by atoms with Gasteiger partial charge in [-0.2, -0.15) is 4.89 Å². The molecule has 3 aliphatic heterocycles. The molecule has 190 valence electrons. The summed E-state index contributed by atoms with van der Waals surface area (Å²) in [4.78, 5) is 25.4. The summed E-state index contributed by atoms with van der Waals surface area (Å²) in [7, 11) is 1.56. The summed E-state index contributed by atoms with van der Waals surface area (Å²) >= 11 is 0. The van der Waals surface area contributed by atoms with Crippen LogP contribution in [0.5, 0.6) is 11.5 Å². The van der Waals surface area contributed by atoms with E-state index < -0.39 is 11.8 Å². The highest BCUT2D eigenvalue weighted by atomic mass is 17.2. The first-order valence-corrected chi connectivity index (χ1v) is 11.9. The van der Waals surface area contributed by atoms with Crippen molar-refractivity contribution >= 4 is 5.97 Å². The van der Waals surface area contributed by atoms with Gasteiger partial charge in [-0.05, 0) is 48.0 Å². The normalized spacial score (nSPS) is 22.3. The van der Waals surface area contributed by atoms with Crippen molar-refractivity contribution in [1.82, 2.24) is 4.90 Å². The van der Waals surface area contributed by atoms with E-state index in [0.717, 1.165) is 38.4 Å². The zero-order valence-corrected chi connectivity index (χ0v) is 20.1. The molecule has 0 spiro atoms. The van der Waals surface area contributed by atoms with Gasteiger partial charge in [-0.15, -0.1) is 0 Å². The molecule has 0 saturated carbocycles. The molecule has 3 heterocycles. The fourth-order valence-corrected chi connectivity index (χ4v) is 4.50. The summed E-state index contributed by atoms with van der Waals surface area (Å²) in [5.74, 6) is -1.09. The Labute approximate surface area is 209 Å². The van der Waals surface area contributed by atoms with Gasteiger partial charge in [0.25, 0.3) is 5.79 Å². The van der Waals surface area contributed by atoms with Gasteiger partial charge in [0.1, 0.15) is 30.3 Å². The number of hydrogen-bond donors (Lipinski definition) is 1. The van der Waals surface area contributed by atoms with Crippen LogP contribution in [0.3, 0.4) is 0 Å². The molecule has 9 heteroatoms. The van der Waals surface area contributed by atoms with Gasteiger partial charge >= 0.3 is 5.97 Å². The topological polar surface area (TPSA) is 95.9 Å². The molecule has 0 radical (unpaired) electrons. The van der Waals surface area contributed by atoms with E-state index in [9.17, 15) is 9.90 Å². The highest BCUT2D eigenvalue weighted by Crippen LogP contribution is 2.44. The molecule has 1 atom stereocenters. The maximum Gasteiger partial charge on any atom is 0.345 e. The average Bonchev–Trinajstić information content (AvgIpc) is 3.51. The number of cyclic esters (lactones) is 1. The zero-order valence-electron chi connectivity index (χ0n) is 20.1. The minimum absolute atomic E-state index is 0.157. The first kappa shape index (κ1) is 24.3. The van der Waals surface area contributed by atoms with Crippen LogP contribution in [0.25, 0.3) is 0 Å². The summed E-state index contributed by atoms with van der Waals surface area (Å²) in [5.41, 5.74) is 1.76. The van der Waals surface area contributed by atoms with E-state index in [4.69, 9.17) is 28.7 Å². The first-order valence-electron chi connectivity index (χ1n) is 11.9. The van der Waals surface area contributed by atoms with Crippen LogP contribution in [0, 0.1) is 0 Å². The van der Waals surface area contributed by atoms with Crippen LogP contribution in [0.4, 0.5) is 0 Å². The summed E-state index contributed by atoms with van der Waals surface area (Å²) in [5, 5.41) is 11.7. The van der Waals surface area contributed by atoms with Crippen LogP contribution >= 0.6 is 0 Å². The number of aliphatic hydroxyl groups is 1. The van der Waals surface area contributed by atoms with Crippen molar-refractivity contribution < 1.29 is 38.6 Å². The maximum absolute atomic E-state index is 13.0. The molecule has 0 aromatic heterocycles.